The highest BCUT2D eigenvalue weighted by atomic mass is 16.7. The first kappa shape index (κ1) is 29.1. The molecular weight excluding hydrogens is 478 g/mol. The van der Waals surface area contributed by atoms with Crippen molar-refractivity contribution in [3.8, 4) is 0 Å². The number of hydrogen-bond acceptors (Lipinski definition) is 10. The van der Waals surface area contributed by atoms with Crippen molar-refractivity contribution in [2.45, 2.75) is 25.5 Å². The Kier molecular flexibility index (Phi) is 13.4. The van der Waals surface area contributed by atoms with Gasteiger partial charge < -0.3 is 39.8 Å². The van der Waals surface area contributed by atoms with Crippen LogP contribution in [0.2, 0.25) is 0 Å². The molecule has 1 fully saturated rings. The number of ether oxygens (including phenoxy) is 5. The van der Waals surface area contributed by atoms with Crippen LogP contribution in [0.4, 0.5) is 10.5 Å². The van der Waals surface area contributed by atoms with Crippen molar-refractivity contribution < 1.29 is 48.0 Å². The summed E-state index contributed by atoms with van der Waals surface area (Å²) in [6.45, 7) is 2.76. The Morgan fingerprint density at radius 1 is 0.917 bits per heavy atom. The van der Waals surface area contributed by atoms with Gasteiger partial charge in [-0.05, 0) is 17.7 Å². The van der Waals surface area contributed by atoms with Crippen LogP contribution in [0.15, 0.2) is 24.3 Å². The summed E-state index contributed by atoms with van der Waals surface area (Å²) < 4.78 is 25.9. The van der Waals surface area contributed by atoms with Gasteiger partial charge in [0, 0.05) is 5.69 Å². The highest BCUT2D eigenvalue weighted by Gasteiger charge is 2.35. The summed E-state index contributed by atoms with van der Waals surface area (Å²) in [5.74, 6) is -0.840. The first-order valence-corrected chi connectivity index (χ1v) is 11.5. The normalized spacial score (nSPS) is 15.4. The van der Waals surface area contributed by atoms with Crippen LogP contribution in [0.5, 0.6) is 0 Å². The molecule has 1 atom stereocenters. The number of nitrogens with one attached hydrogen (secondary N) is 1. The van der Waals surface area contributed by atoms with E-state index in [1.54, 1.807) is 24.3 Å². The van der Waals surface area contributed by atoms with Crippen molar-refractivity contribution in [2.75, 3.05) is 64.7 Å². The Balaban J connectivity index is 1.36. The molecule has 0 bridgehead atoms. The quantitative estimate of drug-likeness (QED) is 0.141. The van der Waals surface area contributed by atoms with Crippen LogP contribution in [0.3, 0.4) is 0 Å². The van der Waals surface area contributed by atoms with E-state index in [4.69, 9.17) is 29.8 Å². The van der Waals surface area contributed by atoms with E-state index in [0.29, 0.717) is 50.9 Å². The minimum absolute atomic E-state index is 0.0495. The molecule has 0 aliphatic carbocycles. The van der Waals surface area contributed by atoms with Crippen LogP contribution in [-0.2, 0) is 44.7 Å². The zero-order chi connectivity index (χ0) is 26.2. The molecule has 36 heavy (non-hydrogen) atoms. The van der Waals surface area contributed by atoms with E-state index in [-0.39, 0.29) is 56.9 Å². The van der Waals surface area contributed by atoms with Gasteiger partial charge in [0.05, 0.1) is 78.3 Å². The summed E-state index contributed by atoms with van der Waals surface area (Å²) in [5.41, 5.74) is 6.80. The molecule has 13 nitrogen and oxygen atoms in total. The number of anilines is 1. The van der Waals surface area contributed by atoms with E-state index in [1.165, 1.54) is 0 Å². The summed E-state index contributed by atoms with van der Waals surface area (Å²) in [4.78, 5) is 46.7. The summed E-state index contributed by atoms with van der Waals surface area (Å²) >= 11 is 0. The first-order chi connectivity index (χ1) is 17.4. The van der Waals surface area contributed by atoms with E-state index in [1.807, 2.05) is 0 Å². The van der Waals surface area contributed by atoms with Crippen molar-refractivity contribution in [3.05, 3.63) is 29.8 Å². The molecule has 2 rings (SSSR count). The Hall–Kier alpha value is -3.10. The summed E-state index contributed by atoms with van der Waals surface area (Å²) in [7, 11) is 0. The van der Waals surface area contributed by atoms with Gasteiger partial charge in [-0.25, -0.2) is 4.79 Å². The lowest BCUT2D eigenvalue weighted by Crippen LogP contribution is -2.37. The van der Waals surface area contributed by atoms with Gasteiger partial charge in [0.2, 0.25) is 17.7 Å². The maximum Gasteiger partial charge on any atom is 0.506 e. The second-order valence-electron chi connectivity index (χ2n) is 7.69. The minimum atomic E-state index is -1.34. The third kappa shape index (κ3) is 11.6. The fourth-order valence-electron chi connectivity index (χ4n) is 3.08. The zero-order valence-corrected chi connectivity index (χ0v) is 20.0. The molecule has 4 N–H and O–H groups in total. The van der Waals surface area contributed by atoms with Gasteiger partial charge in [0.15, 0.2) is 0 Å². The van der Waals surface area contributed by atoms with Crippen LogP contribution in [0.1, 0.15) is 18.4 Å². The largest absolute Gasteiger partial charge is 0.506 e. The number of likely N-dealkylation sites (tertiary alicyclic amines) is 1. The van der Waals surface area contributed by atoms with E-state index in [2.05, 4.69) is 10.1 Å². The number of imide groups is 1. The Bertz CT molecular complexity index is 849. The van der Waals surface area contributed by atoms with E-state index in [0.717, 1.165) is 4.90 Å². The van der Waals surface area contributed by atoms with Crippen molar-refractivity contribution in [2.24, 2.45) is 5.73 Å². The van der Waals surface area contributed by atoms with Gasteiger partial charge in [-0.3, -0.25) is 19.3 Å². The van der Waals surface area contributed by atoms with Crippen molar-refractivity contribution in [1.82, 2.24) is 4.90 Å². The average Bonchev–Trinajstić information content (AvgIpc) is 3.09. The van der Waals surface area contributed by atoms with Crippen LogP contribution < -0.4 is 11.1 Å². The highest BCUT2D eigenvalue weighted by molar-refractivity contribution is 6.05. The topological polar surface area (TPSA) is 176 Å². The minimum Gasteiger partial charge on any atom is -0.450 e. The molecule has 0 spiro atoms. The number of nitrogens with two attached hydrogens (primary N) is 1. The van der Waals surface area contributed by atoms with Gasteiger partial charge in [-0.15, -0.1) is 0 Å². The second-order valence-corrected chi connectivity index (χ2v) is 7.69. The third-order valence-corrected chi connectivity index (χ3v) is 4.93. The van der Waals surface area contributed by atoms with Crippen LogP contribution in [-0.4, -0.2) is 99.3 Å². The zero-order valence-electron chi connectivity index (χ0n) is 20.0. The van der Waals surface area contributed by atoms with E-state index >= 15 is 0 Å². The summed E-state index contributed by atoms with van der Waals surface area (Å²) in [5, 5.41) is 11.2. The second kappa shape index (κ2) is 16.5. The third-order valence-electron chi connectivity index (χ3n) is 4.93. The lowest BCUT2D eigenvalue weighted by molar-refractivity contribution is -0.139. The summed E-state index contributed by atoms with van der Waals surface area (Å²) in [6.07, 6.45) is -1.11. The number of hydrogen-bond donors (Lipinski definition) is 3. The monoisotopic (exact) mass is 511 g/mol. The molecule has 200 valence electrons. The van der Waals surface area contributed by atoms with Crippen LogP contribution >= 0.6 is 0 Å². The fourth-order valence-corrected chi connectivity index (χ4v) is 3.08. The smallest absolute Gasteiger partial charge is 0.450 e. The molecule has 1 aromatic carbocycles. The average molecular weight is 512 g/mol. The Morgan fingerprint density at radius 2 is 1.47 bits per heavy atom. The number of carbonyl (C=O) groups is 4. The first-order valence-electron chi connectivity index (χ1n) is 11.5. The van der Waals surface area contributed by atoms with Crippen molar-refractivity contribution in [3.63, 3.8) is 0 Å². The molecule has 1 aromatic rings. The predicted octanol–water partition coefficient (Wildman–Crippen LogP) is 0.362. The van der Waals surface area contributed by atoms with Gasteiger partial charge >= 0.3 is 6.16 Å². The number of rotatable bonds is 18. The number of benzene rings is 1. The molecule has 1 aliphatic rings. The molecule has 3 amide bonds. The maximum atomic E-state index is 11.9. The molecule has 1 aliphatic heterocycles. The lowest BCUT2D eigenvalue weighted by Gasteiger charge is -2.14. The molecule has 13 heteroatoms. The van der Waals surface area contributed by atoms with Gasteiger partial charge in [-0.2, -0.15) is 0 Å². The predicted molar refractivity (Wildman–Crippen MR) is 125 cm³/mol. The van der Waals surface area contributed by atoms with Crippen LogP contribution in [0.25, 0.3) is 0 Å². The molecule has 0 aromatic heterocycles. The standard InChI is InChI=1S/C23H33N3O10/c24-19-15-21(28)26(22(19)29)6-8-33-10-12-35-14-13-34-11-9-32-7-5-20(27)25-18-3-1-17(2-4-18)16-36-23(30)31/h1-4,19H,5-16,24H2,(H,25,27)(H,30,31). The number of carbonyl (C=O) groups excluding carboxylic acids is 3. The molecule has 1 saturated heterocycles. The molecular formula is C23H33N3O10. The number of carboxylic acid groups (broad SMARTS) is 1. The van der Waals surface area contributed by atoms with Crippen molar-refractivity contribution >= 4 is 29.6 Å². The van der Waals surface area contributed by atoms with Gasteiger partial charge in [0.1, 0.15) is 6.61 Å². The van der Waals surface area contributed by atoms with Gasteiger partial charge in [-0.1, -0.05) is 12.1 Å². The fraction of sp³-hybridized carbons (Fsp3) is 0.565. The van der Waals surface area contributed by atoms with E-state index < -0.39 is 12.2 Å². The molecule has 0 saturated carbocycles. The Labute approximate surface area is 208 Å². The van der Waals surface area contributed by atoms with Crippen LogP contribution in [0, 0.1) is 0 Å². The maximum absolute atomic E-state index is 11.9. The SMILES string of the molecule is NC1CC(=O)N(CCOCCOCCOCCOCCC(=O)Nc2ccc(COC(=O)O)cc2)C1=O. The number of nitrogens with zero attached hydrogens (tertiary/aromatic N) is 1. The molecule has 1 unspecified atom stereocenters. The Morgan fingerprint density at radius 3 is 2.00 bits per heavy atom. The van der Waals surface area contributed by atoms with E-state index in [9.17, 15) is 19.2 Å². The van der Waals surface area contributed by atoms with Crippen molar-refractivity contribution in [1.29, 1.82) is 0 Å². The molecule has 1 heterocycles. The number of amides is 3. The summed E-state index contributed by atoms with van der Waals surface area (Å²) in [6, 6.07) is 5.92. The lowest BCUT2D eigenvalue weighted by atomic mass is 10.2. The molecule has 0 radical (unpaired) electrons. The van der Waals surface area contributed by atoms with Gasteiger partial charge in [0.25, 0.3) is 0 Å². The highest BCUT2D eigenvalue weighted by Crippen LogP contribution is 2.11.